The lowest BCUT2D eigenvalue weighted by Gasteiger charge is -2.42. The van der Waals surface area contributed by atoms with Crippen molar-refractivity contribution < 1.29 is 9.66 Å². The Morgan fingerprint density at radius 3 is 2.75 bits per heavy atom. The molecule has 0 spiro atoms. The summed E-state index contributed by atoms with van der Waals surface area (Å²) in [5, 5.41) is 23.6. The summed E-state index contributed by atoms with van der Waals surface area (Å²) in [6, 6.07) is 7.36. The van der Waals surface area contributed by atoms with Gasteiger partial charge < -0.3 is 10.1 Å². The third-order valence-corrected chi connectivity index (χ3v) is 4.91. The first-order valence-corrected chi connectivity index (χ1v) is 8.46. The van der Waals surface area contributed by atoms with Crippen molar-refractivity contribution in [2.24, 2.45) is 0 Å². The molecular formula is C17H22N4O3. The molecule has 1 aliphatic heterocycles. The average molecular weight is 330 g/mol. The van der Waals surface area contributed by atoms with Crippen molar-refractivity contribution >= 4 is 11.4 Å². The Bertz CT molecular complexity index is 637. The minimum Gasteiger partial charge on any atom is -0.381 e. The van der Waals surface area contributed by atoms with Gasteiger partial charge in [0, 0.05) is 36.9 Å². The van der Waals surface area contributed by atoms with Crippen molar-refractivity contribution in [3.05, 3.63) is 33.9 Å². The Morgan fingerprint density at radius 1 is 1.29 bits per heavy atom. The van der Waals surface area contributed by atoms with E-state index in [4.69, 9.17) is 10.00 Å². The zero-order chi connectivity index (χ0) is 16.9. The fourth-order valence-corrected chi connectivity index (χ4v) is 3.71. The van der Waals surface area contributed by atoms with Gasteiger partial charge in [-0.15, -0.1) is 0 Å². The van der Waals surface area contributed by atoms with Crippen LogP contribution in [0, 0.1) is 21.4 Å². The van der Waals surface area contributed by atoms with Gasteiger partial charge >= 0.3 is 0 Å². The molecule has 1 aliphatic carbocycles. The highest BCUT2D eigenvalue weighted by atomic mass is 16.6. The molecule has 1 N–H and O–H groups in total. The summed E-state index contributed by atoms with van der Waals surface area (Å²) in [6.45, 7) is 3.46. The van der Waals surface area contributed by atoms with E-state index in [9.17, 15) is 10.1 Å². The van der Waals surface area contributed by atoms with Crippen molar-refractivity contribution in [3.63, 3.8) is 0 Å². The molecule has 1 aromatic carbocycles. The predicted octanol–water partition coefficient (Wildman–Crippen LogP) is 2.52. The summed E-state index contributed by atoms with van der Waals surface area (Å²) in [7, 11) is 0. The van der Waals surface area contributed by atoms with Crippen LogP contribution in [0.25, 0.3) is 0 Å². The molecule has 0 unspecified atom stereocenters. The minimum atomic E-state index is -0.514. The average Bonchev–Trinajstić information content (AvgIpc) is 2.62. The molecule has 1 aromatic rings. The van der Waals surface area contributed by atoms with Crippen LogP contribution in [0.15, 0.2) is 18.2 Å². The molecule has 0 amide bonds. The molecule has 2 aliphatic rings. The number of ether oxygens (including phenoxy) is 1. The molecule has 0 radical (unpaired) electrons. The van der Waals surface area contributed by atoms with Gasteiger partial charge in [-0.2, -0.15) is 5.26 Å². The molecule has 7 nitrogen and oxygen atoms in total. The van der Waals surface area contributed by atoms with Gasteiger partial charge in [0.1, 0.15) is 11.6 Å². The van der Waals surface area contributed by atoms with Crippen LogP contribution in [-0.4, -0.2) is 48.2 Å². The van der Waals surface area contributed by atoms with Gasteiger partial charge in [-0.05, 0) is 25.0 Å². The van der Waals surface area contributed by atoms with Gasteiger partial charge in [-0.3, -0.25) is 15.0 Å². The van der Waals surface area contributed by atoms with Crippen LogP contribution in [0.1, 0.15) is 31.2 Å². The SMILES string of the molecule is N#Cc1cc(N[C@@H]2CCCC[C@@H]2N2CCOCC2)ccc1[N+](=O)[O-]. The van der Waals surface area contributed by atoms with E-state index in [1.165, 1.54) is 18.9 Å². The predicted molar refractivity (Wildman–Crippen MR) is 89.9 cm³/mol. The van der Waals surface area contributed by atoms with Gasteiger partial charge in [0.2, 0.25) is 0 Å². The highest BCUT2D eigenvalue weighted by molar-refractivity contribution is 5.59. The highest BCUT2D eigenvalue weighted by Gasteiger charge is 2.31. The summed E-state index contributed by atoms with van der Waals surface area (Å²) in [5.74, 6) is 0. The Labute approximate surface area is 141 Å². The molecule has 0 aromatic heterocycles. The molecule has 24 heavy (non-hydrogen) atoms. The summed E-state index contributed by atoms with van der Waals surface area (Å²) in [4.78, 5) is 12.9. The second kappa shape index (κ2) is 7.60. The van der Waals surface area contributed by atoms with Crippen LogP contribution in [0.4, 0.5) is 11.4 Å². The fraction of sp³-hybridized carbons (Fsp3) is 0.588. The smallest absolute Gasteiger partial charge is 0.287 e. The standard InChI is InChI=1S/C17H22N4O3/c18-12-13-11-14(5-6-16(13)21(22)23)19-15-3-1-2-4-17(15)20-7-9-24-10-8-20/h5-6,11,15,17,19H,1-4,7-10H2/t15-,17+/m1/s1. The van der Waals surface area contributed by atoms with Crippen LogP contribution < -0.4 is 5.32 Å². The maximum atomic E-state index is 11.0. The van der Waals surface area contributed by atoms with E-state index in [2.05, 4.69) is 10.2 Å². The number of nitriles is 1. The summed E-state index contributed by atoms with van der Waals surface area (Å²) in [6.07, 6.45) is 4.62. The van der Waals surface area contributed by atoms with Gasteiger partial charge in [0.15, 0.2) is 0 Å². The van der Waals surface area contributed by atoms with Crippen molar-refractivity contribution in [2.45, 2.75) is 37.8 Å². The molecule has 7 heteroatoms. The summed E-state index contributed by atoms with van der Waals surface area (Å²) >= 11 is 0. The van der Waals surface area contributed by atoms with Crippen LogP contribution in [0.2, 0.25) is 0 Å². The number of hydrogen-bond acceptors (Lipinski definition) is 6. The van der Waals surface area contributed by atoms with E-state index >= 15 is 0 Å². The van der Waals surface area contributed by atoms with E-state index in [1.54, 1.807) is 12.1 Å². The number of nitro benzene ring substituents is 1. The zero-order valence-electron chi connectivity index (χ0n) is 13.6. The van der Waals surface area contributed by atoms with Gasteiger partial charge in [-0.1, -0.05) is 12.8 Å². The van der Waals surface area contributed by atoms with Crippen LogP contribution in [-0.2, 0) is 4.74 Å². The number of rotatable bonds is 4. The van der Waals surface area contributed by atoms with Gasteiger partial charge in [0.25, 0.3) is 5.69 Å². The van der Waals surface area contributed by atoms with E-state index < -0.39 is 4.92 Å². The first-order valence-electron chi connectivity index (χ1n) is 8.46. The zero-order valence-corrected chi connectivity index (χ0v) is 13.6. The van der Waals surface area contributed by atoms with E-state index in [1.807, 2.05) is 6.07 Å². The number of hydrogen-bond donors (Lipinski definition) is 1. The molecule has 2 fully saturated rings. The van der Waals surface area contributed by atoms with Crippen molar-refractivity contribution in [1.82, 2.24) is 4.90 Å². The van der Waals surface area contributed by atoms with Crippen molar-refractivity contribution in [1.29, 1.82) is 5.26 Å². The normalized spacial score (nSPS) is 25.0. The summed E-state index contributed by atoms with van der Waals surface area (Å²) < 4.78 is 5.45. The Balaban J connectivity index is 1.75. The van der Waals surface area contributed by atoms with E-state index in [0.717, 1.165) is 44.8 Å². The second-order valence-electron chi connectivity index (χ2n) is 6.35. The number of nitro groups is 1. The number of morpholine rings is 1. The van der Waals surface area contributed by atoms with E-state index in [0.29, 0.717) is 12.1 Å². The number of benzene rings is 1. The van der Waals surface area contributed by atoms with Crippen LogP contribution in [0.3, 0.4) is 0 Å². The van der Waals surface area contributed by atoms with Gasteiger partial charge in [0.05, 0.1) is 18.1 Å². The first kappa shape index (κ1) is 16.7. The lowest BCUT2D eigenvalue weighted by atomic mass is 9.88. The molecule has 0 bridgehead atoms. The van der Waals surface area contributed by atoms with Crippen molar-refractivity contribution in [3.8, 4) is 6.07 Å². The molecule has 3 rings (SSSR count). The second-order valence-corrected chi connectivity index (χ2v) is 6.35. The Hall–Kier alpha value is -2.17. The van der Waals surface area contributed by atoms with Crippen molar-refractivity contribution in [2.75, 3.05) is 31.6 Å². The minimum absolute atomic E-state index is 0.101. The highest BCUT2D eigenvalue weighted by Crippen LogP contribution is 2.28. The van der Waals surface area contributed by atoms with Crippen LogP contribution >= 0.6 is 0 Å². The first-order chi connectivity index (χ1) is 11.7. The maximum absolute atomic E-state index is 11.0. The Morgan fingerprint density at radius 2 is 2.04 bits per heavy atom. The third-order valence-electron chi connectivity index (χ3n) is 4.91. The monoisotopic (exact) mass is 330 g/mol. The maximum Gasteiger partial charge on any atom is 0.287 e. The number of nitrogens with zero attached hydrogens (tertiary/aromatic N) is 3. The fourth-order valence-electron chi connectivity index (χ4n) is 3.71. The lowest BCUT2D eigenvalue weighted by molar-refractivity contribution is -0.385. The third kappa shape index (κ3) is 3.66. The van der Waals surface area contributed by atoms with Gasteiger partial charge in [-0.25, -0.2) is 0 Å². The number of anilines is 1. The molecule has 1 heterocycles. The molecule has 2 atom stereocenters. The number of nitrogens with one attached hydrogen (secondary N) is 1. The largest absolute Gasteiger partial charge is 0.381 e. The molecule has 128 valence electrons. The van der Waals surface area contributed by atoms with E-state index in [-0.39, 0.29) is 11.3 Å². The Kier molecular flexibility index (Phi) is 5.28. The molecule has 1 saturated heterocycles. The molecule has 1 saturated carbocycles. The summed E-state index contributed by atoms with van der Waals surface area (Å²) in [5.41, 5.74) is 0.738. The quantitative estimate of drug-likeness (QED) is 0.674. The topological polar surface area (TPSA) is 91.4 Å². The lowest BCUT2D eigenvalue weighted by Crippen LogP contribution is -2.52. The molecular weight excluding hydrogens is 308 g/mol. The van der Waals surface area contributed by atoms with Crippen LogP contribution in [0.5, 0.6) is 0 Å².